The lowest BCUT2D eigenvalue weighted by atomic mass is 10.2. The Labute approximate surface area is 121 Å². The molecule has 3 rings (SSSR count). The third-order valence-electron chi connectivity index (χ3n) is 3.68. The second kappa shape index (κ2) is 5.16. The highest BCUT2D eigenvalue weighted by molar-refractivity contribution is 5.89. The van der Waals surface area contributed by atoms with Gasteiger partial charge in [-0.3, -0.25) is 14.2 Å². The Morgan fingerprint density at radius 2 is 1.90 bits per heavy atom. The van der Waals surface area contributed by atoms with E-state index in [1.807, 2.05) is 13.0 Å². The number of aromatic nitrogens is 3. The number of pyridine rings is 3. The normalized spacial score (nSPS) is 11.3. The van der Waals surface area contributed by atoms with Crippen LogP contribution in [-0.4, -0.2) is 14.5 Å². The number of unbranched alkanes of at least 4 members (excludes halogenated alkanes) is 1. The zero-order chi connectivity index (χ0) is 15.0. The Hall–Kier alpha value is -2.43. The summed E-state index contributed by atoms with van der Waals surface area (Å²) < 4.78 is 1.63. The minimum absolute atomic E-state index is 0.0866. The summed E-state index contributed by atoms with van der Waals surface area (Å²) in [7, 11) is 0. The van der Waals surface area contributed by atoms with Crippen LogP contribution in [0.15, 0.2) is 33.9 Å². The summed E-state index contributed by atoms with van der Waals surface area (Å²) in [6, 6.07) is 6.65. The van der Waals surface area contributed by atoms with Crippen LogP contribution in [0.4, 0.5) is 0 Å². The fourth-order valence-corrected chi connectivity index (χ4v) is 2.53. The molecule has 3 aromatic rings. The summed E-state index contributed by atoms with van der Waals surface area (Å²) in [6.45, 7) is 4.54. The Balaban J connectivity index is 2.42. The number of rotatable bonds is 3. The van der Waals surface area contributed by atoms with Crippen LogP contribution in [0.5, 0.6) is 0 Å². The molecule has 0 saturated carbocycles. The molecule has 0 bridgehead atoms. The van der Waals surface area contributed by atoms with E-state index in [2.05, 4.69) is 16.9 Å². The molecule has 3 aromatic heterocycles. The number of H-pyrrole nitrogens is 1. The maximum atomic E-state index is 12.6. The van der Waals surface area contributed by atoms with Gasteiger partial charge in [-0.05, 0) is 31.5 Å². The minimum Gasteiger partial charge on any atom is -0.325 e. The van der Waals surface area contributed by atoms with Crippen LogP contribution in [0, 0.1) is 6.92 Å². The third-order valence-corrected chi connectivity index (χ3v) is 3.68. The Bertz CT molecular complexity index is 938. The first-order valence-corrected chi connectivity index (χ1v) is 7.15. The monoisotopic (exact) mass is 283 g/mol. The van der Waals surface area contributed by atoms with Crippen molar-refractivity contribution in [3.05, 3.63) is 50.5 Å². The molecular weight excluding hydrogens is 266 g/mol. The Morgan fingerprint density at radius 1 is 1.14 bits per heavy atom. The molecule has 0 fully saturated rings. The molecule has 5 nitrogen and oxygen atoms in total. The van der Waals surface area contributed by atoms with Gasteiger partial charge in [0.2, 0.25) is 0 Å². The third kappa shape index (κ3) is 2.24. The topological polar surface area (TPSA) is 67.8 Å². The maximum Gasteiger partial charge on any atom is 0.252 e. The predicted molar refractivity (Wildman–Crippen MR) is 83.8 cm³/mol. The lowest BCUT2D eigenvalue weighted by molar-refractivity contribution is 0.627. The van der Waals surface area contributed by atoms with Crippen molar-refractivity contribution in [2.24, 2.45) is 0 Å². The van der Waals surface area contributed by atoms with Crippen LogP contribution in [0.25, 0.3) is 22.1 Å². The zero-order valence-electron chi connectivity index (χ0n) is 12.1. The van der Waals surface area contributed by atoms with Crippen LogP contribution in [0.1, 0.15) is 25.5 Å². The van der Waals surface area contributed by atoms with Crippen molar-refractivity contribution < 1.29 is 0 Å². The number of nitrogens with zero attached hydrogens (tertiary/aromatic N) is 2. The molecule has 0 atom stereocenters. The lowest BCUT2D eigenvalue weighted by Crippen LogP contribution is -2.22. The molecule has 0 aliphatic carbocycles. The molecular formula is C16H17N3O2. The van der Waals surface area contributed by atoms with Crippen molar-refractivity contribution in [1.29, 1.82) is 0 Å². The highest BCUT2D eigenvalue weighted by atomic mass is 16.1. The molecule has 0 radical (unpaired) electrons. The van der Waals surface area contributed by atoms with Crippen LogP contribution in [0.2, 0.25) is 0 Å². The van der Waals surface area contributed by atoms with Crippen LogP contribution in [-0.2, 0) is 6.54 Å². The van der Waals surface area contributed by atoms with E-state index in [0.717, 1.165) is 18.5 Å². The van der Waals surface area contributed by atoms with E-state index < -0.39 is 0 Å². The molecule has 0 amide bonds. The van der Waals surface area contributed by atoms with E-state index in [1.54, 1.807) is 16.7 Å². The summed E-state index contributed by atoms with van der Waals surface area (Å²) in [5.74, 6) is 0. The number of aromatic amines is 1. The first kappa shape index (κ1) is 13.5. The first-order chi connectivity index (χ1) is 10.1. The largest absolute Gasteiger partial charge is 0.325 e. The second-order valence-electron chi connectivity index (χ2n) is 5.24. The maximum absolute atomic E-state index is 12.6. The fraction of sp³-hybridized carbons (Fsp3) is 0.312. The van der Waals surface area contributed by atoms with Gasteiger partial charge in [-0.2, -0.15) is 0 Å². The standard InChI is InChI=1S/C16H17N3O2/c1-3-4-9-19-13(20)8-7-12-14(21)11-6-5-10(2)17-15(11)18-16(12)19/h5-8H,3-4,9H2,1-2H3,(H,17,18,21). The van der Waals surface area contributed by atoms with Crippen molar-refractivity contribution in [1.82, 2.24) is 14.5 Å². The zero-order valence-corrected chi connectivity index (χ0v) is 12.1. The van der Waals surface area contributed by atoms with Crippen molar-refractivity contribution in [3.8, 4) is 0 Å². The number of hydrogen-bond acceptors (Lipinski definition) is 3. The average Bonchev–Trinajstić information content (AvgIpc) is 2.46. The summed E-state index contributed by atoms with van der Waals surface area (Å²) in [4.78, 5) is 32.2. The van der Waals surface area contributed by atoms with Gasteiger partial charge in [0.1, 0.15) is 11.3 Å². The van der Waals surface area contributed by atoms with Crippen LogP contribution >= 0.6 is 0 Å². The fourth-order valence-electron chi connectivity index (χ4n) is 2.53. The van der Waals surface area contributed by atoms with Gasteiger partial charge < -0.3 is 4.98 Å². The molecule has 0 spiro atoms. The molecule has 0 aromatic carbocycles. The molecule has 21 heavy (non-hydrogen) atoms. The molecule has 0 unspecified atom stereocenters. The van der Waals surface area contributed by atoms with Gasteiger partial charge in [0.25, 0.3) is 5.56 Å². The van der Waals surface area contributed by atoms with Crippen molar-refractivity contribution in [2.75, 3.05) is 0 Å². The van der Waals surface area contributed by atoms with Crippen molar-refractivity contribution >= 4 is 22.1 Å². The number of aryl methyl sites for hydroxylation is 2. The molecule has 0 aliphatic heterocycles. The molecule has 1 N–H and O–H groups in total. The molecule has 0 saturated heterocycles. The number of hydrogen-bond donors (Lipinski definition) is 1. The van der Waals surface area contributed by atoms with Crippen molar-refractivity contribution in [3.63, 3.8) is 0 Å². The van der Waals surface area contributed by atoms with E-state index in [-0.39, 0.29) is 11.0 Å². The smallest absolute Gasteiger partial charge is 0.252 e. The van der Waals surface area contributed by atoms with E-state index in [9.17, 15) is 9.59 Å². The van der Waals surface area contributed by atoms with E-state index in [4.69, 9.17) is 0 Å². The van der Waals surface area contributed by atoms with Gasteiger partial charge in [-0.15, -0.1) is 0 Å². The van der Waals surface area contributed by atoms with Gasteiger partial charge in [0.15, 0.2) is 5.43 Å². The van der Waals surface area contributed by atoms with Crippen LogP contribution < -0.4 is 11.0 Å². The highest BCUT2D eigenvalue weighted by Gasteiger charge is 2.10. The second-order valence-corrected chi connectivity index (χ2v) is 5.24. The highest BCUT2D eigenvalue weighted by Crippen LogP contribution is 2.13. The van der Waals surface area contributed by atoms with E-state index in [0.29, 0.717) is 28.6 Å². The van der Waals surface area contributed by atoms with Crippen LogP contribution in [0.3, 0.4) is 0 Å². The summed E-state index contributed by atoms with van der Waals surface area (Å²) >= 11 is 0. The molecule has 3 heterocycles. The minimum atomic E-state index is -0.0985. The van der Waals surface area contributed by atoms with Gasteiger partial charge in [-0.25, -0.2) is 4.98 Å². The predicted octanol–water partition coefficient (Wildman–Crippen LogP) is 2.35. The average molecular weight is 283 g/mol. The van der Waals surface area contributed by atoms with Gasteiger partial charge in [-0.1, -0.05) is 13.3 Å². The van der Waals surface area contributed by atoms with Gasteiger partial charge >= 0.3 is 0 Å². The Morgan fingerprint density at radius 3 is 2.67 bits per heavy atom. The van der Waals surface area contributed by atoms with Gasteiger partial charge in [0, 0.05) is 18.3 Å². The molecule has 108 valence electrons. The quantitative estimate of drug-likeness (QED) is 0.750. The summed E-state index contributed by atoms with van der Waals surface area (Å²) in [6.07, 6.45) is 1.87. The van der Waals surface area contributed by atoms with Gasteiger partial charge in [0.05, 0.1) is 10.8 Å². The molecule has 5 heteroatoms. The number of nitrogens with one attached hydrogen (secondary N) is 1. The number of fused-ring (bicyclic) bond motifs is 2. The Kier molecular flexibility index (Phi) is 3.33. The summed E-state index contributed by atoms with van der Waals surface area (Å²) in [5.41, 5.74) is 1.74. The lowest BCUT2D eigenvalue weighted by Gasteiger charge is -2.10. The van der Waals surface area contributed by atoms with E-state index >= 15 is 0 Å². The molecule has 0 aliphatic rings. The van der Waals surface area contributed by atoms with E-state index in [1.165, 1.54) is 6.07 Å². The summed E-state index contributed by atoms with van der Waals surface area (Å²) in [5, 5.41) is 1.08. The SMILES string of the molecule is CCCCn1c(=O)ccc2c(=O)c3ccc(C)nc3[nH]c21. The first-order valence-electron chi connectivity index (χ1n) is 7.15. The van der Waals surface area contributed by atoms with Crippen molar-refractivity contribution in [2.45, 2.75) is 33.2 Å².